The lowest BCUT2D eigenvalue weighted by Crippen LogP contribution is -2.12. The molecule has 0 saturated carbocycles. The van der Waals surface area contributed by atoms with E-state index in [1.165, 1.54) is 5.56 Å². The molecular weight excluding hydrogens is 206 g/mol. The van der Waals surface area contributed by atoms with Crippen molar-refractivity contribution in [1.29, 1.82) is 0 Å². The molecule has 0 bridgehead atoms. The van der Waals surface area contributed by atoms with Crippen molar-refractivity contribution in [3.8, 4) is 0 Å². The van der Waals surface area contributed by atoms with Crippen LogP contribution in [-0.2, 0) is 5.41 Å². The Kier molecular flexibility index (Phi) is 2.43. The van der Waals surface area contributed by atoms with Crippen LogP contribution in [0.25, 0.3) is 10.9 Å². The second-order valence-electron chi connectivity index (χ2n) is 4.74. The molecule has 0 aliphatic carbocycles. The molecule has 0 saturated heterocycles. The van der Waals surface area contributed by atoms with Gasteiger partial charge in [0.15, 0.2) is 0 Å². The number of aromatic nitrogens is 1. The van der Waals surface area contributed by atoms with E-state index < -0.39 is 0 Å². The maximum absolute atomic E-state index is 6.14. The van der Waals surface area contributed by atoms with Crippen LogP contribution in [0.3, 0.4) is 0 Å². The summed E-state index contributed by atoms with van der Waals surface area (Å²) < 4.78 is 0. The first-order chi connectivity index (χ1) is 7.00. The van der Waals surface area contributed by atoms with Crippen LogP contribution >= 0.6 is 11.6 Å². The van der Waals surface area contributed by atoms with Gasteiger partial charge >= 0.3 is 0 Å². The fourth-order valence-electron chi connectivity index (χ4n) is 1.74. The SMILES string of the molecule is CC(C)(C)c1ccc(Cl)c2cccnc12. The largest absolute Gasteiger partial charge is 0.256 e. The molecule has 0 N–H and O–H groups in total. The van der Waals surface area contributed by atoms with Gasteiger partial charge in [-0.1, -0.05) is 38.4 Å². The predicted molar refractivity (Wildman–Crippen MR) is 65.5 cm³/mol. The predicted octanol–water partition coefficient (Wildman–Crippen LogP) is 4.19. The molecule has 1 heterocycles. The Morgan fingerprint density at radius 1 is 1.13 bits per heavy atom. The number of benzene rings is 1. The summed E-state index contributed by atoms with van der Waals surface area (Å²) in [4.78, 5) is 4.42. The molecule has 0 unspecified atom stereocenters. The van der Waals surface area contributed by atoms with E-state index in [-0.39, 0.29) is 5.41 Å². The summed E-state index contributed by atoms with van der Waals surface area (Å²) in [7, 11) is 0. The third-order valence-electron chi connectivity index (χ3n) is 2.52. The Hall–Kier alpha value is -1.08. The lowest BCUT2D eigenvalue weighted by Gasteiger charge is -2.20. The molecule has 0 spiro atoms. The quantitative estimate of drug-likeness (QED) is 0.648. The Balaban J connectivity index is 2.84. The van der Waals surface area contributed by atoms with Crippen molar-refractivity contribution in [3.05, 3.63) is 41.0 Å². The van der Waals surface area contributed by atoms with Crippen LogP contribution < -0.4 is 0 Å². The maximum atomic E-state index is 6.14. The maximum Gasteiger partial charge on any atom is 0.0754 e. The normalized spacial score (nSPS) is 12.0. The first-order valence-electron chi connectivity index (χ1n) is 5.04. The summed E-state index contributed by atoms with van der Waals surface area (Å²) in [5, 5.41) is 1.80. The number of rotatable bonds is 0. The minimum atomic E-state index is 0.0944. The van der Waals surface area contributed by atoms with Crippen LogP contribution in [0.15, 0.2) is 30.5 Å². The van der Waals surface area contributed by atoms with Crippen molar-refractivity contribution in [2.24, 2.45) is 0 Å². The number of fused-ring (bicyclic) bond motifs is 1. The molecule has 78 valence electrons. The topological polar surface area (TPSA) is 12.9 Å². The van der Waals surface area contributed by atoms with Crippen LogP contribution in [0.1, 0.15) is 26.3 Å². The van der Waals surface area contributed by atoms with Crippen LogP contribution in [0, 0.1) is 0 Å². The highest BCUT2D eigenvalue weighted by molar-refractivity contribution is 6.35. The van der Waals surface area contributed by atoms with Crippen molar-refractivity contribution in [2.75, 3.05) is 0 Å². The average Bonchev–Trinajstić information content (AvgIpc) is 2.17. The van der Waals surface area contributed by atoms with Gasteiger partial charge in [0.25, 0.3) is 0 Å². The van der Waals surface area contributed by atoms with E-state index in [0.717, 1.165) is 15.9 Å². The highest BCUT2D eigenvalue weighted by Gasteiger charge is 2.18. The minimum Gasteiger partial charge on any atom is -0.256 e. The van der Waals surface area contributed by atoms with Gasteiger partial charge in [-0.3, -0.25) is 4.98 Å². The van der Waals surface area contributed by atoms with Gasteiger partial charge in [-0.2, -0.15) is 0 Å². The van der Waals surface area contributed by atoms with Gasteiger partial charge in [-0.15, -0.1) is 0 Å². The highest BCUT2D eigenvalue weighted by atomic mass is 35.5. The average molecular weight is 220 g/mol. The van der Waals surface area contributed by atoms with E-state index in [9.17, 15) is 0 Å². The van der Waals surface area contributed by atoms with Crippen molar-refractivity contribution < 1.29 is 0 Å². The molecule has 0 fully saturated rings. The summed E-state index contributed by atoms with van der Waals surface area (Å²) >= 11 is 6.14. The Bertz CT molecular complexity index is 497. The molecule has 1 aromatic carbocycles. The summed E-state index contributed by atoms with van der Waals surface area (Å²) in [5.74, 6) is 0. The van der Waals surface area contributed by atoms with Crippen LogP contribution in [0.5, 0.6) is 0 Å². The summed E-state index contributed by atoms with van der Waals surface area (Å²) in [5.41, 5.74) is 2.34. The van der Waals surface area contributed by atoms with E-state index >= 15 is 0 Å². The van der Waals surface area contributed by atoms with E-state index in [1.807, 2.05) is 24.4 Å². The van der Waals surface area contributed by atoms with Gasteiger partial charge in [-0.05, 0) is 29.2 Å². The molecule has 2 aromatic rings. The van der Waals surface area contributed by atoms with E-state index in [1.54, 1.807) is 0 Å². The molecule has 1 aromatic heterocycles. The fraction of sp³-hybridized carbons (Fsp3) is 0.308. The lowest BCUT2D eigenvalue weighted by molar-refractivity contribution is 0.594. The summed E-state index contributed by atoms with van der Waals surface area (Å²) in [6, 6.07) is 7.95. The Labute approximate surface area is 95.1 Å². The molecule has 1 nitrogen and oxygen atoms in total. The summed E-state index contributed by atoms with van der Waals surface area (Å²) in [6.45, 7) is 6.55. The molecule has 0 atom stereocenters. The molecular formula is C13H14ClN. The van der Waals surface area contributed by atoms with Crippen molar-refractivity contribution in [2.45, 2.75) is 26.2 Å². The monoisotopic (exact) mass is 219 g/mol. The fourth-order valence-corrected chi connectivity index (χ4v) is 1.96. The molecule has 0 radical (unpaired) electrons. The highest BCUT2D eigenvalue weighted by Crippen LogP contribution is 2.32. The molecule has 15 heavy (non-hydrogen) atoms. The second-order valence-corrected chi connectivity index (χ2v) is 5.15. The zero-order valence-corrected chi connectivity index (χ0v) is 9.97. The molecule has 2 heteroatoms. The molecule has 0 aliphatic rings. The minimum absolute atomic E-state index is 0.0944. The molecule has 0 amide bonds. The number of pyridine rings is 1. The van der Waals surface area contributed by atoms with E-state index in [0.29, 0.717) is 0 Å². The number of nitrogens with zero attached hydrogens (tertiary/aromatic N) is 1. The Morgan fingerprint density at radius 3 is 2.53 bits per heavy atom. The van der Waals surface area contributed by atoms with Gasteiger partial charge in [0.2, 0.25) is 0 Å². The standard InChI is InChI=1S/C13H14ClN/c1-13(2,3)10-6-7-11(14)9-5-4-8-15-12(9)10/h4-8H,1-3H3. The zero-order valence-electron chi connectivity index (χ0n) is 9.21. The van der Waals surface area contributed by atoms with Crippen molar-refractivity contribution >= 4 is 22.5 Å². The molecule has 0 aliphatic heterocycles. The number of hydrogen-bond acceptors (Lipinski definition) is 1. The number of hydrogen-bond donors (Lipinski definition) is 0. The van der Waals surface area contributed by atoms with Crippen LogP contribution in [0.2, 0.25) is 5.02 Å². The first-order valence-corrected chi connectivity index (χ1v) is 5.41. The van der Waals surface area contributed by atoms with E-state index in [2.05, 4.69) is 31.8 Å². The van der Waals surface area contributed by atoms with E-state index in [4.69, 9.17) is 11.6 Å². The zero-order chi connectivity index (χ0) is 11.1. The molecule has 2 rings (SSSR count). The Morgan fingerprint density at radius 2 is 1.87 bits per heavy atom. The second kappa shape index (κ2) is 3.49. The lowest BCUT2D eigenvalue weighted by atomic mass is 9.85. The van der Waals surface area contributed by atoms with Gasteiger partial charge in [0.1, 0.15) is 0 Å². The van der Waals surface area contributed by atoms with Crippen molar-refractivity contribution in [1.82, 2.24) is 4.98 Å². The smallest absolute Gasteiger partial charge is 0.0754 e. The van der Waals surface area contributed by atoms with Gasteiger partial charge < -0.3 is 0 Å². The van der Waals surface area contributed by atoms with Crippen LogP contribution in [0.4, 0.5) is 0 Å². The third kappa shape index (κ3) is 1.84. The summed E-state index contributed by atoms with van der Waals surface area (Å²) in [6.07, 6.45) is 1.81. The van der Waals surface area contributed by atoms with Gasteiger partial charge in [0, 0.05) is 16.6 Å². The van der Waals surface area contributed by atoms with Crippen LogP contribution in [-0.4, -0.2) is 4.98 Å². The third-order valence-corrected chi connectivity index (χ3v) is 2.85. The van der Waals surface area contributed by atoms with Crippen molar-refractivity contribution in [3.63, 3.8) is 0 Å². The first kappa shape index (κ1) is 10.4. The van der Waals surface area contributed by atoms with Gasteiger partial charge in [0.05, 0.1) is 5.52 Å². The number of halogens is 1. The van der Waals surface area contributed by atoms with Gasteiger partial charge in [-0.25, -0.2) is 0 Å².